The van der Waals surface area contributed by atoms with E-state index in [9.17, 15) is 4.79 Å². The zero-order valence-electron chi connectivity index (χ0n) is 15.3. The standard InChI is InChI=1S/C20H22O6/c1-22-13-26-20-12-16(24-3)11-19(25-4)17(20)9-10-18(21)14-5-7-15(23-2)8-6-14/h5-12H,13H2,1-4H3/b10-9+. The van der Waals surface area contributed by atoms with Crippen LogP contribution in [0, 0.1) is 0 Å². The molecule has 0 unspecified atom stereocenters. The van der Waals surface area contributed by atoms with E-state index in [-0.39, 0.29) is 12.6 Å². The van der Waals surface area contributed by atoms with Crippen molar-refractivity contribution in [3.05, 3.63) is 53.6 Å². The van der Waals surface area contributed by atoms with Crippen molar-refractivity contribution in [2.75, 3.05) is 35.2 Å². The molecule has 138 valence electrons. The molecule has 6 heteroatoms. The Morgan fingerprint density at radius 1 is 0.885 bits per heavy atom. The Morgan fingerprint density at radius 2 is 1.54 bits per heavy atom. The predicted octanol–water partition coefficient (Wildman–Crippen LogP) is 3.59. The highest BCUT2D eigenvalue weighted by Crippen LogP contribution is 2.35. The normalized spacial score (nSPS) is 10.6. The Labute approximate surface area is 152 Å². The quantitative estimate of drug-likeness (QED) is 0.388. The predicted molar refractivity (Wildman–Crippen MR) is 98.4 cm³/mol. The van der Waals surface area contributed by atoms with E-state index < -0.39 is 0 Å². The van der Waals surface area contributed by atoms with E-state index in [0.29, 0.717) is 34.1 Å². The molecule has 0 saturated heterocycles. The van der Waals surface area contributed by atoms with Gasteiger partial charge in [-0.2, -0.15) is 0 Å². The lowest BCUT2D eigenvalue weighted by molar-refractivity contribution is 0.0506. The van der Waals surface area contributed by atoms with Crippen LogP contribution in [0.3, 0.4) is 0 Å². The molecule has 6 nitrogen and oxygen atoms in total. The maximum atomic E-state index is 12.4. The molecule has 0 aliphatic carbocycles. The van der Waals surface area contributed by atoms with E-state index in [0.717, 1.165) is 0 Å². The van der Waals surface area contributed by atoms with Crippen molar-refractivity contribution in [1.82, 2.24) is 0 Å². The topological polar surface area (TPSA) is 63.2 Å². The fourth-order valence-electron chi connectivity index (χ4n) is 2.28. The van der Waals surface area contributed by atoms with Crippen LogP contribution in [0.25, 0.3) is 6.08 Å². The zero-order chi connectivity index (χ0) is 18.9. The van der Waals surface area contributed by atoms with Crippen LogP contribution in [0.5, 0.6) is 23.0 Å². The average Bonchev–Trinajstić information content (AvgIpc) is 2.70. The van der Waals surface area contributed by atoms with E-state index in [1.54, 1.807) is 56.7 Å². The molecule has 0 atom stereocenters. The van der Waals surface area contributed by atoms with Crippen LogP contribution in [0.4, 0.5) is 0 Å². The molecule has 2 rings (SSSR count). The smallest absolute Gasteiger partial charge is 0.188 e. The lowest BCUT2D eigenvalue weighted by Crippen LogP contribution is -2.02. The van der Waals surface area contributed by atoms with Crippen LogP contribution < -0.4 is 18.9 Å². The number of allylic oxidation sites excluding steroid dienone is 1. The summed E-state index contributed by atoms with van der Waals surface area (Å²) in [7, 11) is 6.20. The van der Waals surface area contributed by atoms with Crippen LogP contribution in [-0.2, 0) is 4.74 Å². The SMILES string of the molecule is COCOc1cc(OC)cc(OC)c1/C=C/C(=O)c1ccc(OC)cc1. The van der Waals surface area contributed by atoms with E-state index >= 15 is 0 Å². The Bertz CT molecular complexity index is 765. The first kappa shape index (κ1) is 19.3. The first-order valence-corrected chi connectivity index (χ1v) is 7.87. The van der Waals surface area contributed by atoms with Gasteiger partial charge in [-0.05, 0) is 36.4 Å². The van der Waals surface area contributed by atoms with E-state index in [4.69, 9.17) is 23.7 Å². The number of rotatable bonds is 9. The minimum atomic E-state index is -0.150. The second-order valence-electron chi connectivity index (χ2n) is 5.22. The van der Waals surface area contributed by atoms with Crippen molar-refractivity contribution in [1.29, 1.82) is 0 Å². The Balaban J connectivity index is 2.32. The molecule has 2 aromatic rings. The molecule has 0 radical (unpaired) electrons. The summed E-state index contributed by atoms with van der Waals surface area (Å²) >= 11 is 0. The number of ketones is 1. The van der Waals surface area contributed by atoms with Gasteiger partial charge in [0.2, 0.25) is 0 Å². The summed E-state index contributed by atoms with van der Waals surface area (Å²) in [5.74, 6) is 2.13. The van der Waals surface area contributed by atoms with E-state index in [2.05, 4.69) is 0 Å². The van der Waals surface area contributed by atoms with E-state index in [1.165, 1.54) is 20.3 Å². The molecule has 0 heterocycles. The number of ether oxygens (including phenoxy) is 5. The summed E-state index contributed by atoms with van der Waals surface area (Å²) in [6.07, 6.45) is 3.11. The second kappa shape index (κ2) is 9.48. The third-order valence-corrected chi connectivity index (χ3v) is 3.64. The van der Waals surface area contributed by atoms with Crippen molar-refractivity contribution in [2.45, 2.75) is 0 Å². The molecule has 0 aliphatic rings. The fourth-order valence-corrected chi connectivity index (χ4v) is 2.28. The minimum absolute atomic E-state index is 0.0591. The van der Waals surface area contributed by atoms with E-state index in [1.807, 2.05) is 0 Å². The van der Waals surface area contributed by atoms with Crippen molar-refractivity contribution in [3.63, 3.8) is 0 Å². The number of carbonyl (C=O) groups is 1. The average molecular weight is 358 g/mol. The second-order valence-corrected chi connectivity index (χ2v) is 5.22. The number of hydrogen-bond acceptors (Lipinski definition) is 6. The minimum Gasteiger partial charge on any atom is -0.497 e. The first-order chi connectivity index (χ1) is 12.6. The van der Waals surface area contributed by atoms with Gasteiger partial charge < -0.3 is 23.7 Å². The van der Waals surface area contributed by atoms with Gasteiger partial charge in [0, 0.05) is 24.8 Å². The molecule has 0 amide bonds. The van der Waals surface area contributed by atoms with Crippen molar-refractivity contribution in [2.24, 2.45) is 0 Å². The lowest BCUT2D eigenvalue weighted by atomic mass is 10.1. The number of carbonyl (C=O) groups excluding carboxylic acids is 1. The van der Waals surface area contributed by atoms with Crippen LogP contribution in [0.15, 0.2) is 42.5 Å². The molecular weight excluding hydrogens is 336 g/mol. The van der Waals surface area contributed by atoms with Crippen molar-refractivity contribution < 1.29 is 28.5 Å². The molecule has 2 aromatic carbocycles. The molecule has 0 fully saturated rings. The molecule has 0 bridgehead atoms. The number of benzene rings is 2. The van der Waals surface area contributed by atoms with Crippen molar-refractivity contribution >= 4 is 11.9 Å². The zero-order valence-corrected chi connectivity index (χ0v) is 15.3. The highest BCUT2D eigenvalue weighted by Gasteiger charge is 2.12. The summed E-state index contributed by atoms with van der Waals surface area (Å²) in [6, 6.07) is 10.3. The largest absolute Gasteiger partial charge is 0.497 e. The van der Waals surface area contributed by atoms with Gasteiger partial charge in [-0.1, -0.05) is 0 Å². The van der Waals surface area contributed by atoms with Crippen molar-refractivity contribution in [3.8, 4) is 23.0 Å². The van der Waals surface area contributed by atoms with Gasteiger partial charge in [0.05, 0.1) is 26.9 Å². The molecule has 0 saturated carbocycles. The van der Waals surface area contributed by atoms with Gasteiger partial charge in [-0.3, -0.25) is 4.79 Å². The van der Waals surface area contributed by atoms with Crippen LogP contribution in [0.2, 0.25) is 0 Å². The molecule has 0 spiro atoms. The van der Waals surface area contributed by atoms with Gasteiger partial charge >= 0.3 is 0 Å². The fraction of sp³-hybridized carbons (Fsp3) is 0.250. The maximum Gasteiger partial charge on any atom is 0.188 e. The van der Waals surface area contributed by atoms with Gasteiger partial charge in [-0.25, -0.2) is 0 Å². The summed E-state index contributed by atoms with van der Waals surface area (Å²) in [5.41, 5.74) is 1.17. The number of methoxy groups -OCH3 is 4. The highest BCUT2D eigenvalue weighted by molar-refractivity contribution is 6.07. The summed E-state index contributed by atoms with van der Waals surface area (Å²) in [4.78, 5) is 12.4. The van der Waals surface area contributed by atoms with Gasteiger partial charge in [0.15, 0.2) is 12.6 Å². The summed E-state index contributed by atoms with van der Waals surface area (Å²) in [5, 5.41) is 0. The van der Waals surface area contributed by atoms with Crippen LogP contribution >= 0.6 is 0 Å². The molecule has 0 N–H and O–H groups in total. The Morgan fingerprint density at radius 3 is 2.12 bits per heavy atom. The first-order valence-electron chi connectivity index (χ1n) is 7.87. The highest BCUT2D eigenvalue weighted by atomic mass is 16.7. The summed E-state index contributed by atoms with van der Waals surface area (Å²) in [6.45, 7) is 0.0591. The maximum absolute atomic E-state index is 12.4. The third-order valence-electron chi connectivity index (χ3n) is 3.64. The van der Waals surface area contributed by atoms with Gasteiger partial charge in [-0.15, -0.1) is 0 Å². The third kappa shape index (κ3) is 4.77. The van der Waals surface area contributed by atoms with Gasteiger partial charge in [0.1, 0.15) is 23.0 Å². The molecule has 0 aliphatic heterocycles. The van der Waals surface area contributed by atoms with Crippen LogP contribution in [-0.4, -0.2) is 41.0 Å². The molecule has 26 heavy (non-hydrogen) atoms. The lowest BCUT2D eigenvalue weighted by Gasteiger charge is -2.14. The Kier molecular flexibility index (Phi) is 7.05. The summed E-state index contributed by atoms with van der Waals surface area (Å²) < 4.78 is 26.3. The Hall–Kier alpha value is -2.99. The van der Waals surface area contributed by atoms with Gasteiger partial charge in [0.25, 0.3) is 0 Å². The molecular formula is C20H22O6. The number of hydrogen-bond donors (Lipinski definition) is 0. The molecule has 0 aromatic heterocycles. The monoisotopic (exact) mass is 358 g/mol. The van der Waals surface area contributed by atoms with Crippen LogP contribution in [0.1, 0.15) is 15.9 Å².